The summed E-state index contributed by atoms with van der Waals surface area (Å²) in [6, 6.07) is 5.76. The fourth-order valence-corrected chi connectivity index (χ4v) is 3.40. The molecule has 0 aromatic carbocycles. The Morgan fingerprint density at radius 1 is 1.46 bits per heavy atom. The molecule has 0 aliphatic heterocycles. The van der Waals surface area contributed by atoms with Gasteiger partial charge in [-0.2, -0.15) is 5.26 Å². The molecule has 3 rings (SSSR count). The number of nitriles is 1. The standard InChI is InChI=1S/C18H21N3O3/c1-12-16(14(10-19)18(24-12)21-8-3-4-9-21)17(23)20(2)11-13-6-5-7-15(13)22/h3-4,8-9,13,15,22H,5-7,11H2,1-2H3. The molecule has 0 bridgehead atoms. The Kier molecular flexibility index (Phi) is 4.45. The summed E-state index contributed by atoms with van der Waals surface area (Å²) in [5.74, 6) is 0.641. The van der Waals surface area contributed by atoms with Crippen molar-refractivity contribution in [2.45, 2.75) is 32.3 Å². The van der Waals surface area contributed by atoms with Crippen molar-refractivity contribution in [3.05, 3.63) is 41.4 Å². The summed E-state index contributed by atoms with van der Waals surface area (Å²) in [7, 11) is 1.70. The fourth-order valence-electron chi connectivity index (χ4n) is 3.40. The fraction of sp³-hybridized carbons (Fsp3) is 0.444. The minimum Gasteiger partial charge on any atom is -0.443 e. The molecule has 1 fully saturated rings. The Bertz CT molecular complexity index is 770. The van der Waals surface area contributed by atoms with Gasteiger partial charge in [-0.25, -0.2) is 0 Å². The van der Waals surface area contributed by atoms with E-state index in [4.69, 9.17) is 4.42 Å². The molecular formula is C18H21N3O3. The van der Waals surface area contributed by atoms with Crippen molar-refractivity contribution in [1.29, 1.82) is 5.26 Å². The lowest BCUT2D eigenvalue weighted by molar-refractivity contribution is 0.0692. The molecule has 24 heavy (non-hydrogen) atoms. The number of hydrogen-bond acceptors (Lipinski definition) is 4. The number of nitrogens with zero attached hydrogens (tertiary/aromatic N) is 3. The van der Waals surface area contributed by atoms with Crippen LogP contribution in [-0.4, -0.2) is 40.2 Å². The van der Waals surface area contributed by atoms with E-state index in [9.17, 15) is 15.2 Å². The molecule has 1 aliphatic carbocycles. The Morgan fingerprint density at radius 2 is 2.17 bits per heavy atom. The van der Waals surface area contributed by atoms with Gasteiger partial charge in [0.15, 0.2) is 0 Å². The van der Waals surface area contributed by atoms with Crippen LogP contribution in [0.2, 0.25) is 0 Å². The van der Waals surface area contributed by atoms with Crippen molar-refractivity contribution in [1.82, 2.24) is 9.47 Å². The molecule has 6 nitrogen and oxygen atoms in total. The maximum atomic E-state index is 12.8. The molecule has 2 unspecified atom stereocenters. The van der Waals surface area contributed by atoms with Crippen LogP contribution in [0, 0.1) is 24.2 Å². The average molecular weight is 327 g/mol. The van der Waals surface area contributed by atoms with Gasteiger partial charge in [0.25, 0.3) is 5.91 Å². The minimum atomic E-state index is -0.350. The molecule has 2 atom stereocenters. The van der Waals surface area contributed by atoms with E-state index in [-0.39, 0.29) is 23.5 Å². The van der Waals surface area contributed by atoms with Gasteiger partial charge >= 0.3 is 0 Å². The second-order valence-electron chi connectivity index (χ2n) is 6.36. The summed E-state index contributed by atoms with van der Waals surface area (Å²) in [5.41, 5.74) is 0.545. The van der Waals surface area contributed by atoms with Gasteiger partial charge in [0.05, 0.1) is 6.10 Å². The summed E-state index contributed by atoms with van der Waals surface area (Å²) in [5, 5.41) is 19.5. The number of rotatable bonds is 4. The molecule has 0 spiro atoms. The van der Waals surface area contributed by atoms with Crippen molar-refractivity contribution < 1.29 is 14.3 Å². The highest BCUT2D eigenvalue weighted by Gasteiger charge is 2.31. The quantitative estimate of drug-likeness (QED) is 0.935. The number of aliphatic hydroxyl groups is 1. The van der Waals surface area contributed by atoms with E-state index in [1.807, 2.05) is 12.1 Å². The molecule has 126 valence electrons. The predicted molar refractivity (Wildman–Crippen MR) is 87.8 cm³/mol. The third-order valence-electron chi connectivity index (χ3n) is 4.70. The molecule has 2 aromatic rings. The number of furan rings is 1. The van der Waals surface area contributed by atoms with E-state index in [1.54, 1.807) is 35.8 Å². The molecular weight excluding hydrogens is 306 g/mol. The average Bonchev–Trinajstić information content (AvgIpc) is 3.27. The molecule has 1 N–H and O–H groups in total. The maximum Gasteiger partial charge on any atom is 0.258 e. The molecule has 1 saturated carbocycles. The number of carbonyl (C=O) groups is 1. The van der Waals surface area contributed by atoms with Crippen molar-refractivity contribution in [3.63, 3.8) is 0 Å². The normalized spacial score (nSPS) is 20.1. The van der Waals surface area contributed by atoms with E-state index >= 15 is 0 Å². The zero-order valence-corrected chi connectivity index (χ0v) is 13.9. The predicted octanol–water partition coefficient (Wildman–Crippen LogP) is 2.48. The molecule has 2 heterocycles. The maximum absolute atomic E-state index is 12.8. The van der Waals surface area contributed by atoms with Crippen LogP contribution < -0.4 is 0 Å². The molecule has 0 saturated heterocycles. The number of amides is 1. The lowest BCUT2D eigenvalue weighted by atomic mass is 10.0. The van der Waals surface area contributed by atoms with E-state index in [0.29, 0.717) is 23.8 Å². The minimum absolute atomic E-state index is 0.0978. The molecule has 2 aromatic heterocycles. The highest BCUT2D eigenvalue weighted by Crippen LogP contribution is 2.29. The lowest BCUT2D eigenvalue weighted by Crippen LogP contribution is -2.35. The highest BCUT2D eigenvalue weighted by atomic mass is 16.4. The van der Waals surface area contributed by atoms with Gasteiger partial charge in [0.1, 0.15) is 23.0 Å². The van der Waals surface area contributed by atoms with Gasteiger partial charge in [-0.05, 0) is 31.9 Å². The smallest absolute Gasteiger partial charge is 0.258 e. The van der Waals surface area contributed by atoms with Crippen LogP contribution >= 0.6 is 0 Å². The monoisotopic (exact) mass is 327 g/mol. The van der Waals surface area contributed by atoms with Crippen molar-refractivity contribution in [3.8, 4) is 12.0 Å². The van der Waals surface area contributed by atoms with E-state index in [1.165, 1.54) is 0 Å². The first-order chi connectivity index (χ1) is 11.5. The third kappa shape index (κ3) is 2.83. The summed E-state index contributed by atoms with van der Waals surface area (Å²) >= 11 is 0. The van der Waals surface area contributed by atoms with E-state index in [0.717, 1.165) is 19.3 Å². The molecule has 1 aliphatic rings. The van der Waals surface area contributed by atoms with Gasteiger partial charge in [-0.15, -0.1) is 0 Å². The van der Waals surface area contributed by atoms with Gasteiger partial charge in [-0.3, -0.25) is 9.36 Å². The Balaban J connectivity index is 1.88. The largest absolute Gasteiger partial charge is 0.443 e. The van der Waals surface area contributed by atoms with Crippen LogP contribution in [-0.2, 0) is 0 Å². The topological polar surface area (TPSA) is 82.4 Å². The lowest BCUT2D eigenvalue weighted by Gasteiger charge is -2.23. The number of hydrogen-bond donors (Lipinski definition) is 1. The van der Waals surface area contributed by atoms with Crippen LogP contribution in [0.1, 0.15) is 40.9 Å². The van der Waals surface area contributed by atoms with Crippen LogP contribution in [0.25, 0.3) is 5.88 Å². The summed E-state index contributed by atoms with van der Waals surface area (Å²) in [6.45, 7) is 2.17. The number of aryl methyl sites for hydroxylation is 1. The summed E-state index contributed by atoms with van der Waals surface area (Å²) in [6.07, 6.45) is 5.89. The number of carbonyl (C=O) groups excluding carboxylic acids is 1. The van der Waals surface area contributed by atoms with Crippen LogP contribution in [0.4, 0.5) is 0 Å². The van der Waals surface area contributed by atoms with Gasteiger partial charge in [0.2, 0.25) is 5.88 Å². The van der Waals surface area contributed by atoms with E-state index < -0.39 is 0 Å². The first-order valence-electron chi connectivity index (χ1n) is 8.13. The zero-order valence-electron chi connectivity index (χ0n) is 13.9. The Labute approximate surface area is 140 Å². The second-order valence-corrected chi connectivity index (χ2v) is 6.36. The van der Waals surface area contributed by atoms with E-state index in [2.05, 4.69) is 6.07 Å². The van der Waals surface area contributed by atoms with Gasteiger partial charge in [0, 0.05) is 31.9 Å². The van der Waals surface area contributed by atoms with Crippen LogP contribution in [0.5, 0.6) is 0 Å². The van der Waals surface area contributed by atoms with Crippen LogP contribution in [0.3, 0.4) is 0 Å². The number of aromatic nitrogens is 1. The molecule has 0 radical (unpaired) electrons. The van der Waals surface area contributed by atoms with Crippen molar-refractivity contribution >= 4 is 5.91 Å². The second kappa shape index (κ2) is 6.54. The summed E-state index contributed by atoms with van der Waals surface area (Å²) in [4.78, 5) is 14.4. The zero-order chi connectivity index (χ0) is 17.3. The third-order valence-corrected chi connectivity index (χ3v) is 4.70. The molecule has 1 amide bonds. The first kappa shape index (κ1) is 16.3. The number of aliphatic hydroxyl groups excluding tert-OH is 1. The SMILES string of the molecule is Cc1oc(-n2cccc2)c(C#N)c1C(=O)N(C)CC1CCCC1O. The Hall–Kier alpha value is -2.52. The van der Waals surface area contributed by atoms with Gasteiger partial charge in [-0.1, -0.05) is 6.42 Å². The first-order valence-corrected chi connectivity index (χ1v) is 8.13. The van der Waals surface area contributed by atoms with Crippen molar-refractivity contribution in [2.24, 2.45) is 5.92 Å². The van der Waals surface area contributed by atoms with Crippen LogP contribution in [0.15, 0.2) is 28.9 Å². The van der Waals surface area contributed by atoms with Gasteiger partial charge < -0.3 is 14.4 Å². The highest BCUT2D eigenvalue weighted by molar-refractivity contribution is 5.98. The Morgan fingerprint density at radius 3 is 2.75 bits per heavy atom. The van der Waals surface area contributed by atoms with Crippen molar-refractivity contribution in [2.75, 3.05) is 13.6 Å². The summed E-state index contributed by atoms with van der Waals surface area (Å²) < 4.78 is 7.37. The molecule has 6 heteroatoms.